The van der Waals surface area contributed by atoms with Crippen LogP contribution in [0.25, 0.3) is 24.6 Å². The van der Waals surface area contributed by atoms with Crippen molar-refractivity contribution >= 4 is 52.1 Å². The van der Waals surface area contributed by atoms with E-state index in [0.29, 0.717) is 0 Å². The molecule has 0 aromatic carbocycles. The fourth-order valence-electron chi connectivity index (χ4n) is 0. The van der Waals surface area contributed by atoms with E-state index in [2.05, 4.69) is 0 Å². The van der Waals surface area contributed by atoms with Crippen molar-refractivity contribution in [3.63, 3.8) is 0 Å². The minimum Gasteiger partial charge on any atom is -3.00 e. The number of rotatable bonds is 0. The van der Waals surface area contributed by atoms with Crippen LogP contribution in [0.5, 0.6) is 0 Å². The van der Waals surface area contributed by atoms with Crippen molar-refractivity contribution in [1.82, 2.24) is 0 Å². The number of hydrogen-bond donors (Lipinski definition) is 0. The van der Waals surface area contributed by atoms with Gasteiger partial charge in [-0.15, -0.1) is 0 Å². The van der Waals surface area contributed by atoms with Crippen LogP contribution in [0, 0.1) is 0 Å². The molecule has 0 aliphatic carbocycles. The van der Waals surface area contributed by atoms with Gasteiger partial charge in [0.2, 0.25) is 0 Å². The van der Waals surface area contributed by atoms with Crippen molar-refractivity contribution in [2.24, 2.45) is 0 Å². The van der Waals surface area contributed by atoms with Gasteiger partial charge in [0.15, 0.2) is 0 Å². The van der Waals surface area contributed by atoms with Gasteiger partial charge in [0, 0.05) is 104 Å². The largest absolute Gasteiger partial charge is 4.00 e. The topological polar surface area (TPSA) is 122 Å². The van der Waals surface area contributed by atoms with Gasteiger partial charge in [-0.3, -0.25) is 0 Å². The van der Waals surface area contributed by atoms with Crippen molar-refractivity contribution in [2.45, 2.75) is 0 Å². The fraction of sp³-hybridized carbons (Fsp3) is 0. The average Bonchev–Trinajstić information content (AvgIpc) is 0. The molecule has 0 unspecified atom stereocenters. The zero-order valence-electron chi connectivity index (χ0n) is 6.25. The quantitative estimate of drug-likeness (QED) is 0.367. The minimum absolute atomic E-state index is 0. The third-order valence-corrected chi connectivity index (χ3v) is 0. The summed E-state index contributed by atoms with van der Waals surface area (Å²) in [6, 6.07) is 0. The summed E-state index contributed by atoms with van der Waals surface area (Å²) in [4.78, 5) is 0. The van der Waals surface area contributed by atoms with E-state index < -0.39 is 0 Å². The molecular weight excluding hydrogens is 567 g/mol. The molecule has 0 aromatic heterocycles. The average molecular weight is 567 g/mol. The second-order valence-corrected chi connectivity index (χ2v) is 0. The Morgan fingerprint density at radius 3 is 0.308 bits per heavy atom. The molecule has 0 atom stereocenters. The Bertz CT molecular complexity index is 25.8. The van der Waals surface area contributed by atoms with Crippen molar-refractivity contribution in [2.75, 3.05) is 0 Å². The van der Waals surface area contributed by atoms with Gasteiger partial charge in [-0.25, -0.2) is 0 Å². The molecule has 0 saturated carbocycles. The van der Waals surface area contributed by atoms with Gasteiger partial charge < -0.3 is 24.6 Å². The molecule has 13 heavy (non-hydrogen) atoms. The van der Waals surface area contributed by atoms with E-state index in [0.717, 1.165) is 0 Å². The summed E-state index contributed by atoms with van der Waals surface area (Å²) in [6.07, 6.45) is 0. The standard InChI is InChI=1S/3Al.3Cr.4N.3Zr/q;;;;;;4*-3;3*+4. The maximum atomic E-state index is 0. The minimum atomic E-state index is 0. The molecule has 0 bridgehead atoms. The molecule has 0 N–H and O–H groups in total. The normalized spacial score (nSPS) is 0. The van der Waals surface area contributed by atoms with E-state index in [-0.39, 0.29) is 207 Å². The van der Waals surface area contributed by atoms with Gasteiger partial charge in [-0.1, -0.05) is 0 Å². The van der Waals surface area contributed by atoms with E-state index in [1.807, 2.05) is 0 Å². The summed E-state index contributed by atoms with van der Waals surface area (Å²) in [5, 5.41) is 0. The molecule has 0 fully saturated rings. The Morgan fingerprint density at radius 1 is 0.308 bits per heavy atom. The van der Waals surface area contributed by atoms with Crippen LogP contribution in [0.3, 0.4) is 0 Å². The van der Waals surface area contributed by atoms with Gasteiger partial charge in [-0.05, 0) is 0 Å². The van der Waals surface area contributed by atoms with E-state index in [4.69, 9.17) is 0 Å². The molecule has 0 aliphatic heterocycles. The van der Waals surface area contributed by atoms with E-state index in [1.54, 1.807) is 0 Å². The number of hydrogen-bond acceptors (Lipinski definition) is 0. The Kier molecular flexibility index (Phi) is 2120. The maximum absolute atomic E-state index is 0. The third-order valence-electron chi connectivity index (χ3n) is 0. The van der Waals surface area contributed by atoms with Crippen molar-refractivity contribution in [3.8, 4) is 0 Å². The first kappa shape index (κ1) is 181. The summed E-state index contributed by atoms with van der Waals surface area (Å²) in [6.45, 7) is 0. The summed E-state index contributed by atoms with van der Waals surface area (Å²) >= 11 is 0. The molecule has 13 heteroatoms. The molecule has 0 rings (SSSR count). The van der Waals surface area contributed by atoms with E-state index in [9.17, 15) is 0 Å². The van der Waals surface area contributed by atoms with Crippen molar-refractivity contribution < 1.29 is 131 Å². The van der Waals surface area contributed by atoms with Gasteiger partial charge in [-0.2, -0.15) is 0 Å². The van der Waals surface area contributed by atoms with Gasteiger partial charge >= 0.3 is 78.6 Å². The van der Waals surface area contributed by atoms with Crippen molar-refractivity contribution in [3.05, 3.63) is 24.6 Å². The summed E-state index contributed by atoms with van der Waals surface area (Å²) in [5.41, 5.74) is 0. The predicted octanol–water partition coefficient (Wildman–Crippen LogP) is -0.00260. The molecule has 0 saturated heterocycles. The molecule has 0 spiro atoms. The first-order valence-corrected chi connectivity index (χ1v) is 0. The monoisotopic (exact) mass is 562 g/mol. The van der Waals surface area contributed by atoms with Crippen LogP contribution in [0.1, 0.15) is 0 Å². The molecule has 0 aliphatic rings. The second-order valence-electron chi connectivity index (χ2n) is 0. The Balaban J connectivity index is 0. The van der Waals surface area contributed by atoms with E-state index >= 15 is 0 Å². The number of nitrogens with zero attached hydrogens (tertiary/aromatic N) is 4. The molecule has 0 amide bonds. The molecule has 9 radical (unpaired) electrons. The molecule has 59 valence electrons. The smallest absolute Gasteiger partial charge is 3.00 e. The zero-order valence-corrected chi connectivity index (χ0v) is 20.9. The Morgan fingerprint density at radius 2 is 0.308 bits per heavy atom. The SMILES string of the molecule is [Al].[Al].[Al].[Cr].[Cr].[Cr].[N-3].[N-3].[N-3].[N-3].[Zr+4].[Zr+4].[Zr+4]. The van der Waals surface area contributed by atoms with Crippen LogP contribution in [-0.2, 0) is 131 Å². The zero-order chi connectivity index (χ0) is 0. The van der Waals surface area contributed by atoms with Crippen LogP contribution in [0.2, 0.25) is 0 Å². The van der Waals surface area contributed by atoms with Gasteiger partial charge in [0.05, 0.1) is 0 Å². The van der Waals surface area contributed by atoms with Gasteiger partial charge in [0.25, 0.3) is 0 Å². The van der Waals surface area contributed by atoms with Crippen LogP contribution in [0.4, 0.5) is 0 Å². The first-order valence-electron chi connectivity index (χ1n) is 0. The maximum Gasteiger partial charge on any atom is 4.00 e. The Labute approximate surface area is 203 Å². The van der Waals surface area contributed by atoms with Crippen LogP contribution >= 0.6 is 0 Å². The van der Waals surface area contributed by atoms with Crippen LogP contribution < -0.4 is 0 Å². The van der Waals surface area contributed by atoms with E-state index in [1.165, 1.54) is 0 Å². The predicted molar refractivity (Wildman–Crippen MR) is 30.7 cm³/mol. The van der Waals surface area contributed by atoms with Crippen LogP contribution in [0.15, 0.2) is 0 Å². The van der Waals surface area contributed by atoms with Crippen LogP contribution in [-0.4, -0.2) is 52.1 Å². The van der Waals surface area contributed by atoms with Crippen molar-refractivity contribution in [1.29, 1.82) is 0 Å². The summed E-state index contributed by atoms with van der Waals surface area (Å²) < 4.78 is 0. The summed E-state index contributed by atoms with van der Waals surface area (Å²) in [7, 11) is 0. The Hall–Kier alpha value is 5.68. The fourth-order valence-corrected chi connectivity index (χ4v) is 0. The van der Waals surface area contributed by atoms with Gasteiger partial charge in [0.1, 0.15) is 0 Å². The third kappa shape index (κ3) is 135. The second kappa shape index (κ2) is 152. The summed E-state index contributed by atoms with van der Waals surface area (Å²) in [5.74, 6) is 0. The molecule has 0 heterocycles. The first-order chi connectivity index (χ1) is 0. The molecule has 4 nitrogen and oxygen atoms in total. The molecule has 0 aromatic rings. The molecular formula is Al3Cr3N4Zr3.